The van der Waals surface area contributed by atoms with Crippen LogP contribution in [0, 0.1) is 0 Å². The molecule has 2 rings (SSSR count). The molecule has 1 amide bonds. The maximum absolute atomic E-state index is 11.9. The molecule has 1 N–H and O–H groups in total. The van der Waals surface area contributed by atoms with E-state index in [2.05, 4.69) is 29.5 Å². The van der Waals surface area contributed by atoms with Gasteiger partial charge >= 0.3 is 0 Å². The first kappa shape index (κ1) is 15.3. The molecular weight excluding hydrogens is 288 g/mol. The highest BCUT2D eigenvalue weighted by Crippen LogP contribution is 2.14. The molecule has 0 bridgehead atoms. The van der Waals surface area contributed by atoms with Gasteiger partial charge in [0.2, 0.25) is 0 Å². The van der Waals surface area contributed by atoms with E-state index < -0.39 is 5.91 Å². The van der Waals surface area contributed by atoms with Gasteiger partial charge in [0.15, 0.2) is 0 Å². The van der Waals surface area contributed by atoms with Crippen molar-refractivity contribution < 1.29 is 4.79 Å². The standard InChI is InChI=1S/C15H17ClN4O/c1-10(2)12-6-4-11(5-7-12)8-17-19-15(21)14-13(16)9-18-20(14)3/h4-10H,1-3H3,(H,19,21)/b17-8-. The van der Waals surface area contributed by atoms with Crippen LogP contribution in [-0.2, 0) is 7.05 Å². The number of benzene rings is 1. The molecule has 0 atom stereocenters. The molecule has 21 heavy (non-hydrogen) atoms. The topological polar surface area (TPSA) is 59.3 Å². The molecule has 1 aromatic carbocycles. The number of hydrogen-bond acceptors (Lipinski definition) is 3. The lowest BCUT2D eigenvalue weighted by molar-refractivity contribution is 0.0946. The van der Waals surface area contributed by atoms with Gasteiger partial charge in [-0.3, -0.25) is 9.48 Å². The van der Waals surface area contributed by atoms with Gasteiger partial charge in [-0.15, -0.1) is 0 Å². The van der Waals surface area contributed by atoms with Crippen LogP contribution < -0.4 is 5.43 Å². The van der Waals surface area contributed by atoms with Crippen LogP contribution in [0.25, 0.3) is 0 Å². The van der Waals surface area contributed by atoms with E-state index in [0.717, 1.165) is 5.56 Å². The lowest BCUT2D eigenvalue weighted by atomic mass is 10.0. The minimum Gasteiger partial charge on any atom is -0.266 e. The van der Waals surface area contributed by atoms with E-state index >= 15 is 0 Å². The molecule has 0 aliphatic rings. The number of hydrazone groups is 1. The molecule has 0 aliphatic carbocycles. The predicted octanol–water partition coefficient (Wildman–Crippen LogP) is 2.96. The first-order valence-electron chi connectivity index (χ1n) is 6.60. The van der Waals surface area contributed by atoms with Gasteiger partial charge in [0, 0.05) is 7.05 Å². The second-order valence-electron chi connectivity index (χ2n) is 4.99. The van der Waals surface area contributed by atoms with E-state index in [0.29, 0.717) is 10.9 Å². The molecule has 110 valence electrons. The highest BCUT2D eigenvalue weighted by atomic mass is 35.5. The maximum atomic E-state index is 11.9. The van der Waals surface area contributed by atoms with Crippen LogP contribution in [0.15, 0.2) is 35.6 Å². The van der Waals surface area contributed by atoms with Gasteiger partial charge in [0.25, 0.3) is 5.91 Å². The fourth-order valence-corrected chi connectivity index (χ4v) is 2.10. The van der Waals surface area contributed by atoms with E-state index in [9.17, 15) is 4.79 Å². The molecule has 0 fully saturated rings. The Morgan fingerprint density at radius 3 is 2.57 bits per heavy atom. The largest absolute Gasteiger partial charge is 0.291 e. The number of aromatic nitrogens is 2. The lowest BCUT2D eigenvalue weighted by Gasteiger charge is -2.04. The average molecular weight is 305 g/mol. The van der Waals surface area contributed by atoms with Crippen LogP contribution in [0.3, 0.4) is 0 Å². The number of nitrogens with zero attached hydrogens (tertiary/aromatic N) is 3. The van der Waals surface area contributed by atoms with Crippen LogP contribution in [-0.4, -0.2) is 21.9 Å². The van der Waals surface area contributed by atoms with Crippen molar-refractivity contribution in [3.63, 3.8) is 0 Å². The Bertz CT molecular complexity index is 639. The maximum Gasteiger partial charge on any atom is 0.291 e. The van der Waals surface area contributed by atoms with E-state index in [4.69, 9.17) is 11.6 Å². The molecule has 5 nitrogen and oxygen atoms in total. The fraction of sp³-hybridized carbons (Fsp3) is 0.267. The summed E-state index contributed by atoms with van der Waals surface area (Å²) >= 11 is 5.89. The SMILES string of the molecule is CC(C)c1ccc(/C=N\NC(=O)c2c(Cl)cnn2C)cc1. The molecule has 0 saturated carbocycles. The summed E-state index contributed by atoms with van der Waals surface area (Å²) in [5.74, 6) is 0.0951. The normalized spacial score (nSPS) is 11.3. The third kappa shape index (κ3) is 3.70. The zero-order valence-electron chi connectivity index (χ0n) is 12.2. The van der Waals surface area contributed by atoms with Crippen molar-refractivity contribution in [2.45, 2.75) is 19.8 Å². The molecule has 0 radical (unpaired) electrons. The predicted molar refractivity (Wildman–Crippen MR) is 83.8 cm³/mol. The summed E-state index contributed by atoms with van der Waals surface area (Å²) in [6, 6.07) is 8.02. The minimum atomic E-state index is -0.393. The highest BCUT2D eigenvalue weighted by molar-refractivity contribution is 6.33. The average Bonchev–Trinajstić information content (AvgIpc) is 2.78. The Morgan fingerprint density at radius 2 is 2.05 bits per heavy atom. The van der Waals surface area contributed by atoms with Crippen molar-refractivity contribution in [2.24, 2.45) is 12.1 Å². The van der Waals surface area contributed by atoms with Crippen molar-refractivity contribution in [1.29, 1.82) is 0 Å². The molecule has 0 aliphatic heterocycles. The van der Waals surface area contributed by atoms with Gasteiger partial charge in [-0.25, -0.2) is 5.43 Å². The second kappa shape index (κ2) is 6.54. The first-order chi connectivity index (χ1) is 9.99. The molecule has 1 heterocycles. The molecule has 1 aromatic heterocycles. The second-order valence-corrected chi connectivity index (χ2v) is 5.39. The van der Waals surface area contributed by atoms with E-state index in [1.165, 1.54) is 16.4 Å². The first-order valence-corrected chi connectivity index (χ1v) is 6.97. The number of halogens is 1. The lowest BCUT2D eigenvalue weighted by Crippen LogP contribution is -2.21. The van der Waals surface area contributed by atoms with Crippen molar-refractivity contribution in [2.75, 3.05) is 0 Å². The number of carbonyl (C=O) groups is 1. The smallest absolute Gasteiger partial charge is 0.266 e. The fourth-order valence-electron chi connectivity index (χ4n) is 1.85. The number of amides is 1. The van der Waals surface area contributed by atoms with Gasteiger partial charge in [-0.05, 0) is 17.0 Å². The molecule has 0 spiro atoms. The van der Waals surface area contributed by atoms with Crippen molar-refractivity contribution in [1.82, 2.24) is 15.2 Å². The highest BCUT2D eigenvalue weighted by Gasteiger charge is 2.14. The zero-order chi connectivity index (χ0) is 15.4. The minimum absolute atomic E-state index is 0.281. The van der Waals surface area contributed by atoms with Crippen LogP contribution in [0.1, 0.15) is 41.4 Å². The summed E-state index contributed by atoms with van der Waals surface area (Å²) in [5, 5.41) is 8.13. The Balaban J connectivity index is 2.01. The van der Waals surface area contributed by atoms with E-state index in [1.807, 2.05) is 24.3 Å². The number of carbonyl (C=O) groups excluding carboxylic acids is 1. The summed E-state index contributed by atoms with van der Waals surface area (Å²) in [7, 11) is 1.65. The molecular formula is C15H17ClN4O. The van der Waals surface area contributed by atoms with Crippen molar-refractivity contribution >= 4 is 23.7 Å². The van der Waals surface area contributed by atoms with Gasteiger partial charge in [-0.2, -0.15) is 10.2 Å². The molecule has 6 heteroatoms. The molecule has 0 unspecified atom stereocenters. The van der Waals surface area contributed by atoms with Crippen LogP contribution in [0.2, 0.25) is 5.02 Å². The summed E-state index contributed by atoms with van der Waals surface area (Å²) in [5.41, 5.74) is 4.89. The van der Waals surface area contributed by atoms with Crippen molar-refractivity contribution in [3.05, 3.63) is 52.3 Å². The Hall–Kier alpha value is -2.14. The van der Waals surface area contributed by atoms with Crippen LogP contribution in [0.5, 0.6) is 0 Å². The third-order valence-electron chi connectivity index (χ3n) is 3.09. The van der Waals surface area contributed by atoms with Crippen LogP contribution in [0.4, 0.5) is 0 Å². The molecule has 0 saturated heterocycles. The number of rotatable bonds is 4. The zero-order valence-corrected chi connectivity index (χ0v) is 12.9. The van der Waals surface area contributed by atoms with E-state index in [1.54, 1.807) is 13.3 Å². The number of nitrogens with one attached hydrogen (secondary N) is 1. The van der Waals surface area contributed by atoms with Crippen LogP contribution >= 0.6 is 11.6 Å². The Kier molecular flexibility index (Phi) is 4.75. The number of hydrogen-bond donors (Lipinski definition) is 1. The van der Waals surface area contributed by atoms with Crippen molar-refractivity contribution in [3.8, 4) is 0 Å². The summed E-state index contributed by atoms with van der Waals surface area (Å²) in [6.45, 7) is 4.28. The third-order valence-corrected chi connectivity index (χ3v) is 3.37. The summed E-state index contributed by atoms with van der Waals surface area (Å²) in [4.78, 5) is 11.9. The molecule has 2 aromatic rings. The van der Waals surface area contributed by atoms with Gasteiger partial charge in [0.05, 0.1) is 17.4 Å². The van der Waals surface area contributed by atoms with Gasteiger partial charge < -0.3 is 0 Å². The van der Waals surface area contributed by atoms with Gasteiger partial charge in [-0.1, -0.05) is 49.7 Å². The van der Waals surface area contributed by atoms with Gasteiger partial charge in [0.1, 0.15) is 5.69 Å². The number of aryl methyl sites for hydroxylation is 1. The summed E-state index contributed by atoms with van der Waals surface area (Å²) in [6.07, 6.45) is 3.01. The quantitative estimate of drug-likeness (QED) is 0.697. The Labute approximate surface area is 128 Å². The van der Waals surface area contributed by atoms with E-state index in [-0.39, 0.29) is 5.69 Å². The summed E-state index contributed by atoms with van der Waals surface area (Å²) < 4.78 is 1.41. The monoisotopic (exact) mass is 304 g/mol. The Morgan fingerprint density at radius 1 is 1.38 bits per heavy atom.